The number of benzene rings is 1. The lowest BCUT2D eigenvalue weighted by Gasteiger charge is -2.55. The highest BCUT2D eigenvalue weighted by atomic mass is 35.5. The fraction of sp³-hybridized carbons (Fsp3) is 0.423. The first kappa shape index (κ1) is 22.8. The van der Waals surface area contributed by atoms with Crippen LogP contribution in [0.1, 0.15) is 52.5 Å². The number of fused-ring (bicyclic) bond motifs is 1. The van der Waals surface area contributed by atoms with Crippen molar-refractivity contribution < 1.29 is 9.21 Å². The Bertz CT molecular complexity index is 1070. The summed E-state index contributed by atoms with van der Waals surface area (Å²) in [6.07, 6.45) is 11.3. The lowest BCUT2D eigenvalue weighted by molar-refractivity contribution is -0.134. The van der Waals surface area contributed by atoms with E-state index in [-0.39, 0.29) is 22.7 Å². The molecule has 1 heterocycles. The predicted octanol–water partition coefficient (Wildman–Crippen LogP) is 8.73. The van der Waals surface area contributed by atoms with Crippen LogP contribution in [-0.4, -0.2) is 5.78 Å². The third-order valence-corrected chi connectivity index (χ3v) is 8.81. The first-order valence-electron chi connectivity index (χ1n) is 10.7. The molecule has 1 fully saturated rings. The largest absolute Gasteiger partial charge is 0.457 e. The minimum Gasteiger partial charge on any atom is -0.457 e. The SMILES string of the molecule is CC1=CC(=O)[C@H]2C(C)(C)CCC[C@]2(C)[C@H]1/C=C/c1ccoc1Sc1ccc(Cl)cc1Cl. The van der Waals surface area contributed by atoms with Crippen LogP contribution in [0.3, 0.4) is 0 Å². The first-order valence-corrected chi connectivity index (χ1v) is 12.3. The summed E-state index contributed by atoms with van der Waals surface area (Å²) in [6, 6.07) is 7.44. The quantitative estimate of drug-likeness (QED) is 0.443. The van der Waals surface area contributed by atoms with Gasteiger partial charge in [0.25, 0.3) is 0 Å². The van der Waals surface area contributed by atoms with Gasteiger partial charge in [-0.05, 0) is 72.7 Å². The number of allylic oxidation sites excluding steroid dienone is 3. The van der Waals surface area contributed by atoms with Crippen molar-refractivity contribution in [2.24, 2.45) is 22.7 Å². The number of carbonyl (C=O) groups excluding carboxylic acids is 1. The molecule has 0 N–H and O–H groups in total. The third-order valence-electron chi connectivity index (χ3n) is 7.06. The Morgan fingerprint density at radius 2 is 1.94 bits per heavy atom. The van der Waals surface area contributed by atoms with E-state index in [1.165, 1.54) is 11.8 Å². The highest BCUT2D eigenvalue weighted by Gasteiger charge is 2.54. The molecule has 0 aliphatic heterocycles. The van der Waals surface area contributed by atoms with E-state index < -0.39 is 0 Å². The molecule has 0 bridgehead atoms. The second-order valence-corrected chi connectivity index (χ2v) is 11.6. The highest BCUT2D eigenvalue weighted by Crippen LogP contribution is 2.59. The Morgan fingerprint density at radius 1 is 1.16 bits per heavy atom. The van der Waals surface area contributed by atoms with Crippen molar-refractivity contribution in [1.29, 1.82) is 0 Å². The molecule has 1 saturated carbocycles. The minimum atomic E-state index is -0.0648. The van der Waals surface area contributed by atoms with E-state index in [9.17, 15) is 4.79 Å². The smallest absolute Gasteiger partial charge is 0.172 e. The van der Waals surface area contributed by atoms with Gasteiger partial charge in [-0.15, -0.1) is 0 Å². The standard InChI is InChI=1S/C26H28Cl2O2S/c1-16-14-21(29)23-25(2,3)11-5-12-26(23,4)19(16)8-6-17-10-13-30-24(17)31-22-9-7-18(27)15-20(22)28/h6-10,13-15,19,23H,5,11-12H2,1-4H3/b8-6+/t19-,23-,26+/m0/s1. The fourth-order valence-electron chi connectivity index (χ4n) is 5.81. The maximum Gasteiger partial charge on any atom is 0.172 e. The molecule has 1 aromatic heterocycles. The molecule has 3 atom stereocenters. The van der Waals surface area contributed by atoms with E-state index in [1.54, 1.807) is 12.3 Å². The number of halogens is 2. The summed E-state index contributed by atoms with van der Waals surface area (Å²) in [5.74, 6) is 0.575. The van der Waals surface area contributed by atoms with Crippen LogP contribution in [0.4, 0.5) is 0 Å². The van der Waals surface area contributed by atoms with Crippen molar-refractivity contribution in [1.82, 2.24) is 0 Å². The van der Waals surface area contributed by atoms with Gasteiger partial charge in [0.05, 0.1) is 11.3 Å². The summed E-state index contributed by atoms with van der Waals surface area (Å²) in [7, 11) is 0. The van der Waals surface area contributed by atoms with Crippen LogP contribution < -0.4 is 0 Å². The zero-order chi connectivity index (χ0) is 22.4. The third kappa shape index (κ3) is 4.29. The van der Waals surface area contributed by atoms with Crippen molar-refractivity contribution in [3.63, 3.8) is 0 Å². The van der Waals surface area contributed by atoms with Gasteiger partial charge in [0.15, 0.2) is 10.9 Å². The summed E-state index contributed by atoms with van der Waals surface area (Å²) in [4.78, 5) is 13.9. The molecule has 0 spiro atoms. The van der Waals surface area contributed by atoms with Gasteiger partial charge in [0, 0.05) is 27.3 Å². The summed E-state index contributed by atoms with van der Waals surface area (Å²) in [6.45, 7) is 8.90. The maximum atomic E-state index is 13.0. The normalized spacial score (nSPS) is 27.9. The van der Waals surface area contributed by atoms with Crippen LogP contribution >= 0.6 is 35.0 Å². The van der Waals surface area contributed by atoms with Crippen LogP contribution in [0, 0.1) is 22.7 Å². The molecular weight excluding hydrogens is 447 g/mol. The van der Waals surface area contributed by atoms with E-state index in [0.29, 0.717) is 15.8 Å². The highest BCUT2D eigenvalue weighted by molar-refractivity contribution is 7.99. The Balaban J connectivity index is 1.64. The second-order valence-electron chi connectivity index (χ2n) is 9.75. The van der Waals surface area contributed by atoms with E-state index >= 15 is 0 Å². The summed E-state index contributed by atoms with van der Waals surface area (Å²) in [5.41, 5.74) is 2.12. The number of hydrogen-bond donors (Lipinski definition) is 0. The van der Waals surface area contributed by atoms with Crippen molar-refractivity contribution in [2.45, 2.75) is 56.9 Å². The van der Waals surface area contributed by atoms with Gasteiger partial charge in [-0.25, -0.2) is 0 Å². The monoisotopic (exact) mass is 474 g/mol. The van der Waals surface area contributed by atoms with E-state index in [4.69, 9.17) is 27.6 Å². The fourth-order valence-corrected chi connectivity index (χ4v) is 7.18. The number of ketones is 1. The second kappa shape index (κ2) is 8.50. The molecule has 2 aromatic rings. The first-order chi connectivity index (χ1) is 14.6. The van der Waals surface area contributed by atoms with E-state index in [0.717, 1.165) is 40.4 Å². The van der Waals surface area contributed by atoms with Crippen LogP contribution in [0.15, 0.2) is 62.7 Å². The Kier molecular flexibility index (Phi) is 6.24. The molecule has 0 saturated heterocycles. The number of carbonyl (C=O) groups is 1. The predicted molar refractivity (Wildman–Crippen MR) is 130 cm³/mol. The van der Waals surface area contributed by atoms with Crippen molar-refractivity contribution >= 4 is 46.8 Å². The van der Waals surface area contributed by atoms with E-state index in [2.05, 4.69) is 39.8 Å². The average molecular weight is 475 g/mol. The summed E-state index contributed by atoms with van der Waals surface area (Å²) >= 11 is 13.9. The van der Waals surface area contributed by atoms with Crippen LogP contribution in [-0.2, 0) is 4.79 Å². The molecule has 1 aromatic carbocycles. The molecule has 4 rings (SSSR count). The average Bonchev–Trinajstić information content (AvgIpc) is 3.09. The van der Waals surface area contributed by atoms with Crippen molar-refractivity contribution in [3.8, 4) is 0 Å². The van der Waals surface area contributed by atoms with Gasteiger partial charge in [-0.1, -0.05) is 68.1 Å². The minimum absolute atomic E-state index is 0.0232. The zero-order valence-electron chi connectivity index (χ0n) is 18.4. The summed E-state index contributed by atoms with van der Waals surface area (Å²) in [5, 5.41) is 2.01. The molecule has 5 heteroatoms. The molecule has 164 valence electrons. The molecule has 2 aliphatic carbocycles. The maximum absolute atomic E-state index is 13.0. The molecule has 2 aliphatic rings. The van der Waals surface area contributed by atoms with Gasteiger partial charge in [0.1, 0.15) is 0 Å². The lowest BCUT2D eigenvalue weighted by Crippen LogP contribution is -2.52. The van der Waals surface area contributed by atoms with Gasteiger partial charge in [-0.2, -0.15) is 0 Å². The van der Waals surface area contributed by atoms with Gasteiger partial charge in [0.2, 0.25) is 0 Å². The molecule has 0 radical (unpaired) electrons. The van der Waals surface area contributed by atoms with Crippen molar-refractivity contribution in [3.05, 3.63) is 63.9 Å². The topological polar surface area (TPSA) is 30.2 Å². The van der Waals surface area contributed by atoms with Crippen molar-refractivity contribution in [2.75, 3.05) is 0 Å². The van der Waals surface area contributed by atoms with Gasteiger partial charge < -0.3 is 4.42 Å². The molecular formula is C26H28Cl2O2S. The van der Waals surface area contributed by atoms with Gasteiger partial charge in [-0.3, -0.25) is 4.79 Å². The van der Waals surface area contributed by atoms with Gasteiger partial charge >= 0.3 is 0 Å². The Hall–Kier alpha value is -1.42. The number of furan rings is 1. The molecule has 31 heavy (non-hydrogen) atoms. The lowest BCUT2D eigenvalue weighted by atomic mass is 9.48. The van der Waals surface area contributed by atoms with Crippen LogP contribution in [0.5, 0.6) is 0 Å². The number of rotatable bonds is 4. The molecule has 0 amide bonds. The molecule has 2 nitrogen and oxygen atoms in total. The Morgan fingerprint density at radius 3 is 2.68 bits per heavy atom. The number of hydrogen-bond acceptors (Lipinski definition) is 3. The Labute approximate surface area is 199 Å². The van der Waals surface area contributed by atoms with Crippen LogP contribution in [0.25, 0.3) is 6.08 Å². The van der Waals surface area contributed by atoms with E-state index in [1.807, 2.05) is 24.3 Å². The summed E-state index contributed by atoms with van der Waals surface area (Å²) < 4.78 is 5.75. The zero-order valence-corrected chi connectivity index (χ0v) is 20.7. The van der Waals surface area contributed by atoms with Crippen LogP contribution in [0.2, 0.25) is 10.0 Å². The molecule has 0 unspecified atom stereocenters.